The van der Waals surface area contributed by atoms with Gasteiger partial charge in [0.2, 0.25) is 0 Å². The third-order valence-electron chi connectivity index (χ3n) is 2.81. The second-order valence-corrected chi connectivity index (χ2v) is 5.56. The molecule has 0 bridgehead atoms. The van der Waals surface area contributed by atoms with Gasteiger partial charge in [-0.25, -0.2) is 4.98 Å². The molecule has 6 heteroatoms. The largest absolute Gasteiger partial charge is 0.481 e. The SMILES string of the molecule is CC(C)C[C@H](CNC(=O)c1ccc(Cl)nc1)CC(=O)O. The van der Waals surface area contributed by atoms with Crippen molar-refractivity contribution in [3.63, 3.8) is 0 Å². The van der Waals surface area contributed by atoms with Crippen molar-refractivity contribution < 1.29 is 14.7 Å². The smallest absolute Gasteiger partial charge is 0.303 e. The third kappa shape index (κ3) is 6.02. The highest BCUT2D eigenvalue weighted by atomic mass is 35.5. The summed E-state index contributed by atoms with van der Waals surface area (Å²) in [6, 6.07) is 3.12. The molecule has 0 radical (unpaired) electrons. The number of nitrogens with one attached hydrogen (secondary N) is 1. The molecule has 110 valence electrons. The van der Waals surface area contributed by atoms with Gasteiger partial charge in [0.25, 0.3) is 5.91 Å². The summed E-state index contributed by atoms with van der Waals surface area (Å²) in [5, 5.41) is 11.9. The van der Waals surface area contributed by atoms with Crippen molar-refractivity contribution in [2.75, 3.05) is 6.54 Å². The average Bonchev–Trinajstić information content (AvgIpc) is 2.35. The van der Waals surface area contributed by atoms with Crippen LogP contribution in [-0.4, -0.2) is 28.5 Å². The molecule has 0 unspecified atom stereocenters. The van der Waals surface area contributed by atoms with Crippen LogP contribution in [0.1, 0.15) is 37.0 Å². The summed E-state index contributed by atoms with van der Waals surface area (Å²) < 4.78 is 0. The van der Waals surface area contributed by atoms with Gasteiger partial charge < -0.3 is 10.4 Å². The lowest BCUT2D eigenvalue weighted by Crippen LogP contribution is -2.31. The number of hydrogen-bond acceptors (Lipinski definition) is 3. The maximum atomic E-state index is 11.9. The molecule has 0 saturated heterocycles. The van der Waals surface area contributed by atoms with E-state index in [1.54, 1.807) is 12.1 Å². The van der Waals surface area contributed by atoms with E-state index in [4.69, 9.17) is 16.7 Å². The number of carboxylic acids is 1. The van der Waals surface area contributed by atoms with Gasteiger partial charge in [0.1, 0.15) is 5.15 Å². The average molecular weight is 299 g/mol. The predicted octanol–water partition coefficient (Wildman–Crippen LogP) is 2.60. The Bertz CT molecular complexity index is 460. The van der Waals surface area contributed by atoms with Gasteiger partial charge in [0.05, 0.1) is 5.56 Å². The summed E-state index contributed by atoms with van der Waals surface area (Å²) in [4.78, 5) is 26.5. The van der Waals surface area contributed by atoms with Crippen LogP contribution in [0.15, 0.2) is 18.3 Å². The van der Waals surface area contributed by atoms with Crippen LogP contribution in [0, 0.1) is 11.8 Å². The van der Waals surface area contributed by atoms with Crippen LogP contribution in [0.4, 0.5) is 0 Å². The molecule has 20 heavy (non-hydrogen) atoms. The van der Waals surface area contributed by atoms with Crippen LogP contribution >= 0.6 is 11.6 Å². The lowest BCUT2D eigenvalue weighted by Gasteiger charge is -2.17. The number of nitrogens with zero attached hydrogens (tertiary/aromatic N) is 1. The zero-order chi connectivity index (χ0) is 15.1. The molecule has 0 spiro atoms. The number of aromatic nitrogens is 1. The quantitative estimate of drug-likeness (QED) is 0.758. The number of pyridine rings is 1. The standard InChI is InChI=1S/C14H19ClN2O3/c1-9(2)5-10(6-13(18)19)7-17-14(20)11-3-4-12(15)16-8-11/h3-4,8-10H,5-7H2,1-2H3,(H,17,20)(H,18,19)/t10-/m0/s1. The highest BCUT2D eigenvalue weighted by Gasteiger charge is 2.16. The number of rotatable bonds is 7. The minimum Gasteiger partial charge on any atom is -0.481 e. The first-order valence-electron chi connectivity index (χ1n) is 6.50. The first-order valence-corrected chi connectivity index (χ1v) is 6.87. The first kappa shape index (κ1) is 16.4. The first-order chi connectivity index (χ1) is 9.38. The highest BCUT2D eigenvalue weighted by Crippen LogP contribution is 2.15. The van der Waals surface area contributed by atoms with Gasteiger partial charge in [-0.15, -0.1) is 0 Å². The second kappa shape index (κ2) is 7.85. The molecule has 0 aliphatic heterocycles. The lowest BCUT2D eigenvalue weighted by molar-refractivity contribution is -0.138. The molecule has 1 amide bonds. The molecular weight excluding hydrogens is 280 g/mol. The normalized spacial score (nSPS) is 12.2. The van der Waals surface area contributed by atoms with E-state index in [2.05, 4.69) is 10.3 Å². The van der Waals surface area contributed by atoms with Gasteiger partial charge in [-0.1, -0.05) is 25.4 Å². The lowest BCUT2D eigenvalue weighted by atomic mass is 9.94. The van der Waals surface area contributed by atoms with Crippen molar-refractivity contribution in [2.45, 2.75) is 26.7 Å². The van der Waals surface area contributed by atoms with Gasteiger partial charge in [-0.05, 0) is 30.4 Å². The maximum Gasteiger partial charge on any atom is 0.303 e. The molecule has 1 aromatic heterocycles. The number of halogens is 1. The van der Waals surface area contributed by atoms with E-state index in [9.17, 15) is 9.59 Å². The fourth-order valence-electron chi connectivity index (χ4n) is 2.00. The number of carbonyl (C=O) groups excluding carboxylic acids is 1. The van der Waals surface area contributed by atoms with Crippen molar-refractivity contribution in [1.29, 1.82) is 0 Å². The summed E-state index contributed by atoms with van der Waals surface area (Å²) in [5.41, 5.74) is 0.410. The predicted molar refractivity (Wildman–Crippen MR) is 76.8 cm³/mol. The Balaban J connectivity index is 2.55. The molecule has 0 aliphatic carbocycles. The Morgan fingerprint density at radius 3 is 2.60 bits per heavy atom. The van der Waals surface area contributed by atoms with Crippen LogP contribution in [-0.2, 0) is 4.79 Å². The fourth-order valence-corrected chi connectivity index (χ4v) is 2.11. The summed E-state index contributed by atoms with van der Waals surface area (Å²) in [5.74, 6) is -0.809. The van der Waals surface area contributed by atoms with Crippen molar-refractivity contribution in [1.82, 2.24) is 10.3 Å². The third-order valence-corrected chi connectivity index (χ3v) is 3.03. The molecule has 0 aromatic carbocycles. The zero-order valence-electron chi connectivity index (χ0n) is 11.6. The zero-order valence-corrected chi connectivity index (χ0v) is 12.4. The molecule has 0 aliphatic rings. The molecule has 1 atom stereocenters. The number of carbonyl (C=O) groups is 2. The Hall–Kier alpha value is -1.62. The van der Waals surface area contributed by atoms with E-state index in [0.717, 1.165) is 6.42 Å². The van der Waals surface area contributed by atoms with E-state index < -0.39 is 5.97 Å². The summed E-state index contributed by atoms with van der Waals surface area (Å²) >= 11 is 5.65. The van der Waals surface area contributed by atoms with Crippen LogP contribution in [0.2, 0.25) is 5.15 Å². The van der Waals surface area contributed by atoms with E-state index >= 15 is 0 Å². The van der Waals surface area contributed by atoms with E-state index in [1.165, 1.54) is 6.20 Å². The van der Waals surface area contributed by atoms with Gasteiger partial charge in [-0.3, -0.25) is 9.59 Å². The Labute approximate surface area is 123 Å². The van der Waals surface area contributed by atoms with E-state index in [1.807, 2.05) is 13.8 Å². The van der Waals surface area contributed by atoms with E-state index in [0.29, 0.717) is 23.2 Å². The molecule has 1 rings (SSSR count). The van der Waals surface area contributed by atoms with Crippen LogP contribution < -0.4 is 5.32 Å². The van der Waals surface area contributed by atoms with Crippen LogP contribution in [0.25, 0.3) is 0 Å². The summed E-state index contributed by atoms with van der Waals surface area (Å²) in [7, 11) is 0. The Morgan fingerprint density at radius 1 is 1.40 bits per heavy atom. The van der Waals surface area contributed by atoms with Crippen molar-refractivity contribution in [3.8, 4) is 0 Å². The molecule has 2 N–H and O–H groups in total. The molecule has 0 fully saturated rings. The molecule has 0 saturated carbocycles. The molecule has 1 heterocycles. The maximum absolute atomic E-state index is 11.9. The topological polar surface area (TPSA) is 79.3 Å². The van der Waals surface area contributed by atoms with Crippen LogP contribution in [0.3, 0.4) is 0 Å². The highest BCUT2D eigenvalue weighted by molar-refractivity contribution is 6.29. The summed E-state index contributed by atoms with van der Waals surface area (Å²) in [6.45, 7) is 4.39. The summed E-state index contributed by atoms with van der Waals surface area (Å²) in [6.07, 6.45) is 2.20. The van der Waals surface area contributed by atoms with Crippen molar-refractivity contribution >= 4 is 23.5 Å². The monoisotopic (exact) mass is 298 g/mol. The van der Waals surface area contributed by atoms with Gasteiger partial charge in [-0.2, -0.15) is 0 Å². The van der Waals surface area contributed by atoms with Gasteiger partial charge in [0, 0.05) is 19.2 Å². The minimum absolute atomic E-state index is 0.0529. The van der Waals surface area contributed by atoms with Gasteiger partial charge in [0.15, 0.2) is 0 Å². The van der Waals surface area contributed by atoms with Gasteiger partial charge >= 0.3 is 5.97 Å². The molecular formula is C14H19ClN2O3. The number of amides is 1. The van der Waals surface area contributed by atoms with Crippen LogP contribution in [0.5, 0.6) is 0 Å². The van der Waals surface area contributed by atoms with Crippen molar-refractivity contribution in [2.24, 2.45) is 11.8 Å². The second-order valence-electron chi connectivity index (χ2n) is 5.17. The molecule has 5 nitrogen and oxygen atoms in total. The number of hydrogen-bond donors (Lipinski definition) is 2. The molecule has 1 aromatic rings. The van der Waals surface area contributed by atoms with Crippen molar-refractivity contribution in [3.05, 3.63) is 29.0 Å². The Morgan fingerprint density at radius 2 is 2.10 bits per heavy atom. The number of aliphatic carboxylic acids is 1. The fraction of sp³-hybridized carbons (Fsp3) is 0.500. The minimum atomic E-state index is -0.849. The van der Waals surface area contributed by atoms with E-state index in [-0.39, 0.29) is 18.2 Å². The Kier molecular flexibility index (Phi) is 6.45. The number of carboxylic acid groups (broad SMARTS) is 1.